The van der Waals surface area contributed by atoms with Gasteiger partial charge in [0.15, 0.2) is 0 Å². The second-order valence-electron chi connectivity index (χ2n) is 5.06. The summed E-state index contributed by atoms with van der Waals surface area (Å²) in [5.41, 5.74) is 8.33. The Labute approximate surface area is 119 Å². The molecule has 0 aliphatic heterocycles. The Bertz CT molecular complexity index is 625. The van der Waals surface area contributed by atoms with Crippen molar-refractivity contribution in [1.82, 2.24) is 9.55 Å². The van der Waals surface area contributed by atoms with Crippen molar-refractivity contribution in [3.05, 3.63) is 23.8 Å². The highest BCUT2D eigenvalue weighted by Gasteiger charge is 2.08. The van der Waals surface area contributed by atoms with Crippen molar-refractivity contribution in [2.75, 3.05) is 12.3 Å². The summed E-state index contributed by atoms with van der Waals surface area (Å²) in [5.74, 6) is 0.500. The first-order valence-corrected chi connectivity index (χ1v) is 6.89. The van der Waals surface area contributed by atoms with Gasteiger partial charge in [-0.1, -0.05) is 0 Å². The van der Waals surface area contributed by atoms with E-state index in [0.717, 1.165) is 37.0 Å². The number of hydrogen-bond donors (Lipinski definition) is 1. The third-order valence-electron chi connectivity index (χ3n) is 3.13. The molecule has 2 aromatic rings. The van der Waals surface area contributed by atoms with E-state index >= 15 is 0 Å². The fraction of sp³-hybridized carbons (Fsp3) is 0.467. The summed E-state index contributed by atoms with van der Waals surface area (Å²) in [4.78, 5) is 4.32. The van der Waals surface area contributed by atoms with Crippen LogP contribution in [0.1, 0.15) is 32.3 Å². The van der Waals surface area contributed by atoms with Gasteiger partial charge in [0.05, 0.1) is 28.8 Å². The summed E-state index contributed by atoms with van der Waals surface area (Å²) in [6.45, 7) is 5.61. The van der Waals surface area contributed by atoms with Gasteiger partial charge in [0.25, 0.3) is 0 Å². The van der Waals surface area contributed by atoms with Crippen LogP contribution in [0, 0.1) is 11.3 Å². The van der Waals surface area contributed by atoms with Gasteiger partial charge in [-0.25, -0.2) is 4.98 Å². The van der Waals surface area contributed by atoms with Crippen LogP contribution in [0.3, 0.4) is 0 Å². The van der Waals surface area contributed by atoms with Gasteiger partial charge in [0, 0.05) is 13.2 Å². The molecule has 1 heterocycles. The van der Waals surface area contributed by atoms with E-state index in [2.05, 4.69) is 11.1 Å². The van der Waals surface area contributed by atoms with E-state index in [4.69, 9.17) is 15.7 Å². The number of benzene rings is 1. The van der Waals surface area contributed by atoms with Gasteiger partial charge in [0.2, 0.25) is 5.95 Å². The Morgan fingerprint density at radius 1 is 1.40 bits per heavy atom. The zero-order valence-corrected chi connectivity index (χ0v) is 12.0. The highest BCUT2D eigenvalue weighted by atomic mass is 16.5. The molecule has 20 heavy (non-hydrogen) atoms. The van der Waals surface area contributed by atoms with Crippen molar-refractivity contribution >= 4 is 17.0 Å². The molecular weight excluding hydrogens is 252 g/mol. The molecule has 2 rings (SSSR count). The maximum Gasteiger partial charge on any atom is 0.201 e. The van der Waals surface area contributed by atoms with Gasteiger partial charge in [-0.3, -0.25) is 0 Å². The number of imidazole rings is 1. The van der Waals surface area contributed by atoms with Gasteiger partial charge in [-0.15, -0.1) is 0 Å². The third-order valence-corrected chi connectivity index (χ3v) is 3.13. The molecule has 5 nitrogen and oxygen atoms in total. The minimum absolute atomic E-state index is 0.271. The van der Waals surface area contributed by atoms with Crippen molar-refractivity contribution in [2.24, 2.45) is 0 Å². The summed E-state index contributed by atoms with van der Waals surface area (Å²) < 4.78 is 7.48. The fourth-order valence-electron chi connectivity index (χ4n) is 2.14. The van der Waals surface area contributed by atoms with Crippen LogP contribution < -0.4 is 5.73 Å². The van der Waals surface area contributed by atoms with E-state index in [-0.39, 0.29) is 6.10 Å². The monoisotopic (exact) mass is 272 g/mol. The highest BCUT2D eigenvalue weighted by molar-refractivity contribution is 5.79. The third kappa shape index (κ3) is 3.28. The molecule has 0 saturated heterocycles. The number of ether oxygens (including phenoxy) is 1. The number of aromatic nitrogens is 2. The SMILES string of the molecule is CC(C)OCCCCn1c(N)nc2ccc(C#N)cc21. The summed E-state index contributed by atoms with van der Waals surface area (Å²) in [6, 6.07) is 7.57. The Hall–Kier alpha value is -2.06. The number of fused-ring (bicyclic) bond motifs is 1. The van der Waals surface area contributed by atoms with Crippen molar-refractivity contribution in [1.29, 1.82) is 5.26 Å². The quantitative estimate of drug-likeness (QED) is 0.820. The molecule has 1 aromatic carbocycles. The minimum atomic E-state index is 0.271. The molecule has 0 atom stereocenters. The predicted molar refractivity (Wildman–Crippen MR) is 79.2 cm³/mol. The number of nitrogens with two attached hydrogens (primary N) is 1. The van der Waals surface area contributed by atoms with Gasteiger partial charge in [-0.2, -0.15) is 5.26 Å². The standard InChI is InChI=1S/C15H20N4O/c1-11(2)20-8-4-3-7-19-14-9-12(10-16)5-6-13(14)18-15(19)17/h5-6,9,11H,3-4,7-8H2,1-2H3,(H2,17,18). The Balaban J connectivity index is 2.05. The summed E-state index contributed by atoms with van der Waals surface area (Å²) >= 11 is 0. The zero-order chi connectivity index (χ0) is 14.5. The molecular formula is C15H20N4O. The molecule has 0 amide bonds. The lowest BCUT2D eigenvalue weighted by Gasteiger charge is -2.09. The number of anilines is 1. The molecule has 0 bridgehead atoms. The lowest BCUT2D eigenvalue weighted by Crippen LogP contribution is -2.07. The van der Waals surface area contributed by atoms with Crippen LogP contribution in [0.5, 0.6) is 0 Å². The lowest BCUT2D eigenvalue weighted by molar-refractivity contribution is 0.0755. The van der Waals surface area contributed by atoms with E-state index in [1.807, 2.05) is 30.5 Å². The molecule has 1 aromatic heterocycles. The molecule has 5 heteroatoms. The topological polar surface area (TPSA) is 76.9 Å². The van der Waals surface area contributed by atoms with Gasteiger partial charge < -0.3 is 15.0 Å². The highest BCUT2D eigenvalue weighted by Crippen LogP contribution is 2.20. The Kier molecular flexibility index (Phi) is 4.59. The van der Waals surface area contributed by atoms with E-state index in [1.165, 1.54) is 0 Å². The largest absolute Gasteiger partial charge is 0.379 e. The van der Waals surface area contributed by atoms with Crippen molar-refractivity contribution in [3.63, 3.8) is 0 Å². The smallest absolute Gasteiger partial charge is 0.201 e. The molecule has 0 aliphatic carbocycles. The molecule has 0 fully saturated rings. The number of rotatable bonds is 6. The van der Waals surface area contributed by atoms with Crippen LogP contribution in [0.25, 0.3) is 11.0 Å². The molecule has 0 spiro atoms. The van der Waals surface area contributed by atoms with Crippen molar-refractivity contribution in [3.8, 4) is 6.07 Å². The van der Waals surface area contributed by atoms with Crippen LogP contribution >= 0.6 is 0 Å². The van der Waals surface area contributed by atoms with Crippen molar-refractivity contribution < 1.29 is 4.74 Å². The normalized spacial score (nSPS) is 11.1. The number of nitriles is 1. The molecule has 106 valence electrons. The zero-order valence-electron chi connectivity index (χ0n) is 12.0. The number of unbranched alkanes of at least 4 members (excludes halogenated alkanes) is 1. The fourth-order valence-corrected chi connectivity index (χ4v) is 2.14. The number of nitrogens with zero attached hydrogens (tertiary/aromatic N) is 3. The van der Waals surface area contributed by atoms with E-state index in [9.17, 15) is 0 Å². The van der Waals surface area contributed by atoms with E-state index in [1.54, 1.807) is 6.07 Å². The average Bonchev–Trinajstić information content (AvgIpc) is 2.73. The van der Waals surface area contributed by atoms with E-state index in [0.29, 0.717) is 11.5 Å². The van der Waals surface area contributed by atoms with Gasteiger partial charge in [0.1, 0.15) is 0 Å². The molecule has 0 aliphatic rings. The maximum absolute atomic E-state index is 8.97. The first-order valence-electron chi connectivity index (χ1n) is 6.89. The summed E-state index contributed by atoms with van der Waals surface area (Å²) in [6.07, 6.45) is 2.22. The summed E-state index contributed by atoms with van der Waals surface area (Å²) in [5, 5.41) is 8.97. The van der Waals surface area contributed by atoms with Crippen LogP contribution in [0.15, 0.2) is 18.2 Å². The van der Waals surface area contributed by atoms with Crippen molar-refractivity contribution in [2.45, 2.75) is 39.3 Å². The van der Waals surface area contributed by atoms with Gasteiger partial charge in [-0.05, 0) is 44.9 Å². The van der Waals surface area contributed by atoms with Crippen LogP contribution in [0.4, 0.5) is 5.95 Å². The van der Waals surface area contributed by atoms with Crippen LogP contribution in [0.2, 0.25) is 0 Å². The van der Waals surface area contributed by atoms with E-state index < -0.39 is 0 Å². The molecule has 2 N–H and O–H groups in total. The second-order valence-corrected chi connectivity index (χ2v) is 5.06. The molecule has 0 saturated carbocycles. The van der Waals surface area contributed by atoms with Crippen LogP contribution in [-0.2, 0) is 11.3 Å². The molecule has 0 radical (unpaired) electrons. The number of hydrogen-bond acceptors (Lipinski definition) is 4. The molecule has 0 unspecified atom stereocenters. The Morgan fingerprint density at radius 2 is 2.20 bits per heavy atom. The number of nitrogen functional groups attached to an aromatic ring is 1. The minimum Gasteiger partial charge on any atom is -0.379 e. The van der Waals surface area contributed by atoms with Gasteiger partial charge >= 0.3 is 0 Å². The maximum atomic E-state index is 8.97. The predicted octanol–water partition coefficient (Wildman–Crippen LogP) is 2.70. The first kappa shape index (κ1) is 14.4. The number of aryl methyl sites for hydroxylation is 1. The Morgan fingerprint density at radius 3 is 2.90 bits per heavy atom. The first-order chi connectivity index (χ1) is 9.61. The second kappa shape index (κ2) is 6.40. The average molecular weight is 272 g/mol. The lowest BCUT2D eigenvalue weighted by atomic mass is 10.2. The van der Waals surface area contributed by atoms with Crippen LogP contribution in [-0.4, -0.2) is 22.3 Å². The summed E-state index contributed by atoms with van der Waals surface area (Å²) in [7, 11) is 0.